The Morgan fingerprint density at radius 2 is 1.88 bits per heavy atom. The van der Waals surface area contributed by atoms with Gasteiger partial charge in [-0.3, -0.25) is 14.5 Å². The monoisotopic (exact) mass is 337 g/mol. The van der Waals surface area contributed by atoms with Crippen molar-refractivity contribution in [3.8, 4) is 0 Å². The highest BCUT2D eigenvalue weighted by atomic mass is 16.5. The van der Waals surface area contributed by atoms with E-state index in [-0.39, 0.29) is 23.3 Å². The van der Waals surface area contributed by atoms with E-state index in [0.717, 1.165) is 23.6 Å². The van der Waals surface area contributed by atoms with Gasteiger partial charge in [-0.1, -0.05) is 44.2 Å². The number of carbonyl (C=O) groups excluding carboxylic acids is 2. The second-order valence-corrected chi connectivity index (χ2v) is 8.06. The molecule has 0 saturated carbocycles. The molecule has 2 aliphatic heterocycles. The van der Waals surface area contributed by atoms with Crippen LogP contribution in [0, 0.1) is 11.3 Å². The van der Waals surface area contributed by atoms with Gasteiger partial charge in [0.2, 0.25) is 12.3 Å². The summed E-state index contributed by atoms with van der Waals surface area (Å²) in [5.74, 6) is -0.490. The molecule has 2 saturated heterocycles. The van der Waals surface area contributed by atoms with Crippen LogP contribution in [0.3, 0.4) is 0 Å². The van der Waals surface area contributed by atoms with Gasteiger partial charge in [0.25, 0.3) is 0 Å². The molecule has 2 aromatic rings. The lowest BCUT2D eigenvalue weighted by Crippen LogP contribution is -2.51. The van der Waals surface area contributed by atoms with E-state index in [9.17, 15) is 9.59 Å². The summed E-state index contributed by atoms with van der Waals surface area (Å²) >= 11 is 0. The highest BCUT2D eigenvalue weighted by Gasteiger charge is 2.64. The Hall–Kier alpha value is -2.20. The first-order chi connectivity index (χ1) is 11.9. The molecule has 2 bridgehead atoms. The second kappa shape index (κ2) is 5.40. The number of amides is 2. The molecule has 2 heterocycles. The van der Waals surface area contributed by atoms with E-state index in [0.29, 0.717) is 12.1 Å². The van der Waals surface area contributed by atoms with E-state index in [4.69, 9.17) is 4.74 Å². The zero-order chi connectivity index (χ0) is 17.8. The second-order valence-electron chi connectivity index (χ2n) is 8.06. The maximum absolute atomic E-state index is 13.3. The summed E-state index contributed by atoms with van der Waals surface area (Å²) in [5.41, 5.74) is -0.146. The molecular formula is C21H23NO3. The Labute approximate surface area is 147 Å². The van der Waals surface area contributed by atoms with Gasteiger partial charge < -0.3 is 4.74 Å². The van der Waals surface area contributed by atoms with Crippen LogP contribution >= 0.6 is 0 Å². The number of imide groups is 1. The van der Waals surface area contributed by atoms with E-state index < -0.39 is 5.60 Å². The van der Waals surface area contributed by atoms with Crippen molar-refractivity contribution >= 4 is 28.8 Å². The topological polar surface area (TPSA) is 46.6 Å². The number of anilines is 1. The van der Waals surface area contributed by atoms with Crippen molar-refractivity contribution in [2.24, 2.45) is 11.3 Å². The van der Waals surface area contributed by atoms with Crippen LogP contribution in [0.15, 0.2) is 42.5 Å². The van der Waals surface area contributed by atoms with Crippen LogP contribution in [-0.2, 0) is 14.3 Å². The van der Waals surface area contributed by atoms with Crippen molar-refractivity contribution < 1.29 is 14.3 Å². The minimum absolute atomic E-state index is 0.0801. The van der Waals surface area contributed by atoms with Gasteiger partial charge in [0, 0.05) is 5.41 Å². The standard InChI is InChI=1S/C21H23NO3/c1-20(2)17-10-11-21(3,25-17)18(20)19(24)22(13-23)16-9-8-14-6-4-5-7-15(14)12-16/h4-9,12-13,17-18H,10-11H2,1-3H3. The number of rotatable bonds is 3. The van der Waals surface area contributed by atoms with E-state index in [1.54, 1.807) is 0 Å². The smallest absolute Gasteiger partial charge is 0.240 e. The summed E-state index contributed by atoms with van der Waals surface area (Å²) in [6.07, 6.45) is 2.56. The molecule has 0 N–H and O–H groups in total. The molecule has 130 valence electrons. The highest BCUT2D eigenvalue weighted by Crippen LogP contribution is 2.58. The minimum Gasteiger partial charge on any atom is -0.371 e. The summed E-state index contributed by atoms with van der Waals surface area (Å²) in [4.78, 5) is 26.4. The fraction of sp³-hybridized carbons (Fsp3) is 0.429. The van der Waals surface area contributed by atoms with Gasteiger partial charge in [0.1, 0.15) is 0 Å². The van der Waals surface area contributed by atoms with Crippen LogP contribution in [0.5, 0.6) is 0 Å². The normalized spacial score (nSPS) is 29.7. The van der Waals surface area contributed by atoms with Gasteiger partial charge >= 0.3 is 0 Å². The molecule has 2 fully saturated rings. The van der Waals surface area contributed by atoms with Crippen LogP contribution in [0.4, 0.5) is 5.69 Å². The van der Waals surface area contributed by atoms with Crippen LogP contribution in [-0.4, -0.2) is 24.0 Å². The number of hydrogen-bond acceptors (Lipinski definition) is 3. The fourth-order valence-electron chi connectivity index (χ4n) is 4.85. The number of benzene rings is 2. The first-order valence-electron chi connectivity index (χ1n) is 8.82. The zero-order valence-electron chi connectivity index (χ0n) is 14.9. The molecular weight excluding hydrogens is 314 g/mol. The molecule has 0 aromatic heterocycles. The minimum atomic E-state index is -0.483. The summed E-state index contributed by atoms with van der Waals surface area (Å²) in [7, 11) is 0. The molecule has 0 aliphatic carbocycles. The molecule has 2 aromatic carbocycles. The Morgan fingerprint density at radius 1 is 1.16 bits per heavy atom. The van der Waals surface area contributed by atoms with E-state index in [1.165, 1.54) is 4.90 Å². The van der Waals surface area contributed by atoms with Crippen molar-refractivity contribution in [3.63, 3.8) is 0 Å². The Balaban J connectivity index is 1.73. The number of ether oxygens (including phenoxy) is 1. The SMILES string of the molecule is CC12CCC(O1)C(C)(C)C2C(=O)N(C=O)c1ccc2ccccc2c1. The van der Waals surface area contributed by atoms with Crippen LogP contribution in [0.1, 0.15) is 33.6 Å². The van der Waals surface area contributed by atoms with Gasteiger partial charge in [0.15, 0.2) is 0 Å². The first-order valence-corrected chi connectivity index (χ1v) is 8.82. The van der Waals surface area contributed by atoms with Crippen molar-refractivity contribution in [2.45, 2.75) is 45.3 Å². The number of nitrogens with zero attached hydrogens (tertiary/aromatic N) is 1. The molecule has 4 rings (SSSR count). The van der Waals surface area contributed by atoms with Gasteiger partial charge in [-0.05, 0) is 42.7 Å². The molecule has 2 amide bonds. The predicted octanol–water partition coefficient (Wildman–Crippen LogP) is 3.92. The lowest BCUT2D eigenvalue weighted by Gasteiger charge is -2.39. The van der Waals surface area contributed by atoms with Crippen molar-refractivity contribution in [2.75, 3.05) is 4.90 Å². The van der Waals surface area contributed by atoms with Crippen LogP contribution in [0.25, 0.3) is 10.8 Å². The Bertz CT molecular complexity index is 854. The molecule has 4 heteroatoms. The van der Waals surface area contributed by atoms with Crippen LogP contribution in [0.2, 0.25) is 0 Å². The average molecular weight is 337 g/mol. The number of fused-ring (bicyclic) bond motifs is 3. The summed E-state index contributed by atoms with van der Waals surface area (Å²) in [6, 6.07) is 13.6. The maximum atomic E-state index is 13.3. The van der Waals surface area contributed by atoms with Gasteiger partial charge in [-0.25, -0.2) is 0 Å². The van der Waals surface area contributed by atoms with E-state index in [1.807, 2.05) is 49.4 Å². The summed E-state index contributed by atoms with van der Waals surface area (Å²) < 4.78 is 6.15. The number of hydrogen-bond donors (Lipinski definition) is 0. The zero-order valence-corrected chi connectivity index (χ0v) is 14.9. The number of carbonyl (C=O) groups is 2. The Kier molecular flexibility index (Phi) is 3.51. The predicted molar refractivity (Wildman–Crippen MR) is 97.3 cm³/mol. The van der Waals surface area contributed by atoms with E-state index in [2.05, 4.69) is 13.8 Å². The van der Waals surface area contributed by atoms with E-state index >= 15 is 0 Å². The lowest BCUT2D eigenvalue weighted by atomic mass is 9.63. The molecule has 2 aliphatic rings. The first kappa shape index (κ1) is 16.3. The highest BCUT2D eigenvalue weighted by molar-refractivity contribution is 6.10. The summed E-state index contributed by atoms with van der Waals surface area (Å²) in [6.45, 7) is 6.16. The van der Waals surface area contributed by atoms with Crippen molar-refractivity contribution in [1.29, 1.82) is 0 Å². The van der Waals surface area contributed by atoms with Crippen molar-refractivity contribution in [3.05, 3.63) is 42.5 Å². The fourth-order valence-corrected chi connectivity index (χ4v) is 4.85. The third kappa shape index (κ3) is 2.31. The molecule has 0 radical (unpaired) electrons. The van der Waals surface area contributed by atoms with Crippen molar-refractivity contribution in [1.82, 2.24) is 0 Å². The van der Waals surface area contributed by atoms with Gasteiger partial charge in [-0.2, -0.15) is 0 Å². The largest absolute Gasteiger partial charge is 0.371 e. The molecule has 3 atom stereocenters. The molecule has 3 unspecified atom stereocenters. The maximum Gasteiger partial charge on any atom is 0.240 e. The third-order valence-electron chi connectivity index (χ3n) is 6.10. The molecule has 4 nitrogen and oxygen atoms in total. The van der Waals surface area contributed by atoms with Gasteiger partial charge in [-0.15, -0.1) is 0 Å². The van der Waals surface area contributed by atoms with Gasteiger partial charge in [0.05, 0.1) is 23.3 Å². The molecule has 0 spiro atoms. The lowest BCUT2D eigenvalue weighted by molar-refractivity contribution is -0.131. The molecule has 25 heavy (non-hydrogen) atoms. The van der Waals surface area contributed by atoms with Crippen LogP contribution < -0.4 is 4.90 Å². The quantitative estimate of drug-likeness (QED) is 0.798. The third-order valence-corrected chi connectivity index (χ3v) is 6.10. The Morgan fingerprint density at radius 3 is 2.52 bits per heavy atom. The summed E-state index contributed by atoms with van der Waals surface area (Å²) in [5, 5.41) is 2.09. The average Bonchev–Trinajstić information content (AvgIpc) is 3.06.